The van der Waals surface area contributed by atoms with E-state index < -0.39 is 18.1 Å². The number of carboxylic acid groups (broad SMARTS) is 1. The number of para-hydroxylation sites is 1. The maximum absolute atomic E-state index is 12.0. The molecule has 0 atom stereocenters. The number of ether oxygens (including phenoxy) is 3. The van der Waals surface area contributed by atoms with Crippen molar-refractivity contribution in [2.45, 2.75) is 13.2 Å². The van der Waals surface area contributed by atoms with E-state index in [1.165, 1.54) is 0 Å². The summed E-state index contributed by atoms with van der Waals surface area (Å²) in [5, 5.41) is 15.5. The van der Waals surface area contributed by atoms with Crippen LogP contribution in [-0.2, 0) is 22.7 Å². The monoisotopic (exact) mass is 479 g/mol. The maximum atomic E-state index is 12.0. The van der Waals surface area contributed by atoms with Gasteiger partial charge in [-0.1, -0.05) is 42.5 Å². The van der Waals surface area contributed by atoms with Crippen LogP contribution in [0, 0.1) is 0 Å². The Labute approximate surface area is 201 Å². The number of hydrogen-bond donors (Lipinski definition) is 4. The fourth-order valence-electron chi connectivity index (χ4n) is 2.79. The van der Waals surface area contributed by atoms with Gasteiger partial charge in [-0.25, -0.2) is 9.59 Å². The second-order valence-electron chi connectivity index (χ2n) is 7.21. The summed E-state index contributed by atoms with van der Waals surface area (Å²) in [7, 11) is 0. The average Bonchev–Trinajstić information content (AvgIpc) is 2.86. The predicted molar refractivity (Wildman–Crippen MR) is 127 cm³/mol. The van der Waals surface area contributed by atoms with Crippen molar-refractivity contribution >= 4 is 23.8 Å². The summed E-state index contributed by atoms with van der Waals surface area (Å²) in [6.07, 6.45) is -1.84. The molecule has 0 unspecified atom stereocenters. The summed E-state index contributed by atoms with van der Waals surface area (Å²) >= 11 is 0. The van der Waals surface area contributed by atoms with Crippen molar-refractivity contribution in [1.82, 2.24) is 10.6 Å². The lowest BCUT2D eigenvalue weighted by Crippen LogP contribution is -2.37. The van der Waals surface area contributed by atoms with Crippen molar-refractivity contribution in [3.05, 3.63) is 90.0 Å². The maximum Gasteiger partial charge on any atom is 0.417 e. The molecule has 10 nitrogen and oxygen atoms in total. The number of hydrogen-bond acceptors (Lipinski definition) is 6. The zero-order valence-corrected chi connectivity index (χ0v) is 18.7. The lowest BCUT2D eigenvalue weighted by molar-refractivity contribution is -0.122. The molecule has 0 aliphatic carbocycles. The van der Waals surface area contributed by atoms with Crippen LogP contribution in [0.1, 0.15) is 11.1 Å². The number of nitrogens with one attached hydrogen (secondary N) is 3. The van der Waals surface area contributed by atoms with E-state index in [1.807, 2.05) is 35.6 Å². The summed E-state index contributed by atoms with van der Waals surface area (Å²) in [6.45, 7) is 0.290. The lowest BCUT2D eigenvalue weighted by atomic mass is 10.1. The number of rotatable bonds is 11. The summed E-state index contributed by atoms with van der Waals surface area (Å²) in [4.78, 5) is 33.6. The molecule has 0 bridgehead atoms. The Hall–Kier alpha value is -4.57. The molecule has 0 heterocycles. The van der Waals surface area contributed by atoms with Crippen molar-refractivity contribution in [2.75, 3.05) is 18.6 Å². The van der Waals surface area contributed by atoms with E-state index >= 15 is 0 Å². The molecule has 0 aromatic heterocycles. The van der Waals surface area contributed by atoms with Crippen LogP contribution in [0.4, 0.5) is 15.3 Å². The first-order chi connectivity index (χ1) is 17.0. The van der Waals surface area contributed by atoms with E-state index in [9.17, 15) is 14.4 Å². The molecule has 4 N–H and O–H groups in total. The van der Waals surface area contributed by atoms with Gasteiger partial charge in [0.05, 0.1) is 6.61 Å². The van der Waals surface area contributed by atoms with E-state index in [2.05, 4.69) is 10.6 Å². The highest BCUT2D eigenvalue weighted by atomic mass is 16.6. The van der Waals surface area contributed by atoms with E-state index in [0.717, 1.165) is 11.1 Å². The molecule has 3 aromatic rings. The molecule has 0 aliphatic heterocycles. The molecule has 0 aliphatic rings. The van der Waals surface area contributed by atoms with Gasteiger partial charge in [0.2, 0.25) is 5.91 Å². The van der Waals surface area contributed by atoms with Crippen LogP contribution in [0.2, 0.25) is 0 Å². The van der Waals surface area contributed by atoms with Crippen LogP contribution in [0.25, 0.3) is 0 Å². The highest BCUT2D eigenvalue weighted by Gasteiger charge is 2.06. The number of amides is 3. The Morgan fingerprint density at radius 2 is 1.40 bits per heavy atom. The van der Waals surface area contributed by atoms with Crippen LogP contribution in [0.15, 0.2) is 78.9 Å². The minimum Gasteiger partial charge on any atom is -0.489 e. The third-order valence-corrected chi connectivity index (χ3v) is 4.52. The van der Waals surface area contributed by atoms with Gasteiger partial charge in [-0.05, 0) is 47.5 Å². The summed E-state index contributed by atoms with van der Waals surface area (Å²) in [5.41, 5.74) is 2.44. The fraction of sp³-hybridized carbons (Fsp3) is 0.160. The summed E-state index contributed by atoms with van der Waals surface area (Å²) in [6, 6.07) is 23.3. The van der Waals surface area contributed by atoms with Gasteiger partial charge in [-0.3, -0.25) is 10.1 Å². The smallest absolute Gasteiger partial charge is 0.417 e. The van der Waals surface area contributed by atoms with Crippen LogP contribution >= 0.6 is 0 Å². The molecule has 0 fully saturated rings. The van der Waals surface area contributed by atoms with E-state index in [1.54, 1.807) is 48.5 Å². The molecule has 0 saturated heterocycles. The zero-order valence-electron chi connectivity index (χ0n) is 18.7. The van der Waals surface area contributed by atoms with Gasteiger partial charge in [0.1, 0.15) is 31.4 Å². The Kier molecular flexibility index (Phi) is 9.46. The highest BCUT2D eigenvalue weighted by Crippen LogP contribution is 2.18. The van der Waals surface area contributed by atoms with Gasteiger partial charge in [0, 0.05) is 5.69 Å². The number of anilines is 1. The average molecular weight is 479 g/mol. The van der Waals surface area contributed by atoms with Crippen LogP contribution in [-0.4, -0.2) is 36.5 Å². The molecule has 10 heteroatoms. The quantitative estimate of drug-likeness (QED) is 0.243. The van der Waals surface area contributed by atoms with E-state index in [4.69, 9.17) is 19.3 Å². The van der Waals surface area contributed by atoms with Crippen molar-refractivity contribution in [3.63, 3.8) is 0 Å². The van der Waals surface area contributed by atoms with E-state index in [0.29, 0.717) is 23.8 Å². The number of carbonyl (C=O) groups excluding carboxylic acids is 2. The molecule has 3 rings (SSSR count). The molecule has 3 aromatic carbocycles. The minimum atomic E-state index is -1.26. The highest BCUT2D eigenvalue weighted by molar-refractivity contribution is 5.86. The molecule has 0 spiro atoms. The Morgan fingerprint density at radius 3 is 2.06 bits per heavy atom. The molecule has 182 valence electrons. The van der Waals surface area contributed by atoms with Crippen LogP contribution in [0.3, 0.4) is 0 Å². The third-order valence-electron chi connectivity index (χ3n) is 4.52. The summed E-state index contributed by atoms with van der Waals surface area (Å²) in [5.74, 6) is 0.628. The Balaban J connectivity index is 1.35. The van der Waals surface area contributed by atoms with Crippen molar-refractivity contribution in [2.24, 2.45) is 0 Å². The van der Waals surface area contributed by atoms with Crippen LogP contribution in [0.5, 0.6) is 11.5 Å². The van der Waals surface area contributed by atoms with Gasteiger partial charge < -0.3 is 30.0 Å². The van der Waals surface area contributed by atoms with Gasteiger partial charge in [0.25, 0.3) is 0 Å². The predicted octanol–water partition coefficient (Wildman–Crippen LogP) is 3.73. The molecule has 0 saturated carbocycles. The first-order valence-electron chi connectivity index (χ1n) is 10.6. The van der Waals surface area contributed by atoms with E-state index in [-0.39, 0.29) is 19.9 Å². The normalized spacial score (nSPS) is 10.2. The van der Waals surface area contributed by atoms with Gasteiger partial charge in [-0.2, -0.15) is 0 Å². The Morgan fingerprint density at radius 1 is 0.743 bits per heavy atom. The first-order valence-corrected chi connectivity index (χ1v) is 10.6. The molecular weight excluding hydrogens is 454 g/mol. The number of benzene rings is 3. The summed E-state index contributed by atoms with van der Waals surface area (Å²) < 4.78 is 16.3. The molecule has 3 amide bonds. The minimum absolute atomic E-state index is 0.0280. The third kappa shape index (κ3) is 9.44. The number of carbonyl (C=O) groups is 3. The van der Waals surface area contributed by atoms with Crippen molar-refractivity contribution in [1.29, 1.82) is 0 Å². The van der Waals surface area contributed by atoms with Gasteiger partial charge >= 0.3 is 12.2 Å². The first kappa shape index (κ1) is 25.1. The lowest BCUT2D eigenvalue weighted by Gasteiger charge is -2.10. The molecule has 35 heavy (non-hydrogen) atoms. The Bertz CT molecular complexity index is 1100. The van der Waals surface area contributed by atoms with Crippen molar-refractivity contribution < 1.29 is 33.7 Å². The second kappa shape index (κ2) is 13.2. The topological polar surface area (TPSA) is 135 Å². The fourth-order valence-corrected chi connectivity index (χ4v) is 2.79. The zero-order chi connectivity index (χ0) is 24.9. The van der Waals surface area contributed by atoms with Gasteiger partial charge in [0.15, 0.2) is 0 Å². The van der Waals surface area contributed by atoms with Crippen LogP contribution < -0.4 is 25.4 Å². The largest absolute Gasteiger partial charge is 0.489 e. The van der Waals surface area contributed by atoms with Gasteiger partial charge in [-0.15, -0.1) is 0 Å². The standard InChI is InChI=1S/C25H25N3O7/c29-23(14-26-24(30)31)27-17-33-15-18-6-8-19(9-7-18)16-34-21-12-10-20(11-13-21)28-25(32)35-22-4-2-1-3-5-22/h1-13,26H,14-17H2,(H,27,29)(H,28,32)(H,30,31). The second-order valence-corrected chi connectivity index (χ2v) is 7.21. The molecule has 0 radical (unpaired) electrons. The SMILES string of the molecule is O=C(O)NCC(=O)NCOCc1ccc(COc2ccc(NC(=O)Oc3ccccc3)cc2)cc1. The van der Waals surface area contributed by atoms with Crippen molar-refractivity contribution in [3.8, 4) is 11.5 Å². The molecular formula is C25H25N3O7.